The molecule has 1 amide bonds. The van der Waals surface area contributed by atoms with Crippen molar-refractivity contribution in [1.29, 1.82) is 0 Å². The lowest BCUT2D eigenvalue weighted by atomic mass is 10.1. The molecular weight excluding hydrogens is 284 g/mol. The van der Waals surface area contributed by atoms with Crippen molar-refractivity contribution in [2.75, 3.05) is 11.9 Å². The summed E-state index contributed by atoms with van der Waals surface area (Å²) in [5.41, 5.74) is 1.70. The maximum Gasteiger partial charge on any atom is 0.246 e. The van der Waals surface area contributed by atoms with Crippen molar-refractivity contribution in [3.63, 3.8) is 0 Å². The van der Waals surface area contributed by atoms with E-state index in [0.29, 0.717) is 0 Å². The first-order valence-electron chi connectivity index (χ1n) is 6.63. The van der Waals surface area contributed by atoms with Gasteiger partial charge in [-0.05, 0) is 18.2 Å². The van der Waals surface area contributed by atoms with Gasteiger partial charge in [0.25, 0.3) is 0 Å². The highest BCUT2D eigenvalue weighted by Gasteiger charge is 2.29. The van der Waals surface area contributed by atoms with Crippen LogP contribution in [0.3, 0.4) is 0 Å². The molecular formula is C16H14N2O2S. The highest BCUT2D eigenvalue weighted by molar-refractivity contribution is 8.13. The van der Waals surface area contributed by atoms with Gasteiger partial charge in [-0.3, -0.25) is 14.9 Å². The van der Waals surface area contributed by atoms with Crippen LogP contribution in [0.4, 0.5) is 5.69 Å². The smallest absolute Gasteiger partial charge is 0.246 e. The topological polar surface area (TPSA) is 58.2 Å². The third kappa shape index (κ3) is 3.15. The fourth-order valence-electron chi connectivity index (χ4n) is 2.25. The molecule has 1 atom stereocenters. The van der Waals surface area contributed by atoms with Crippen LogP contribution in [0.2, 0.25) is 0 Å². The van der Waals surface area contributed by atoms with Gasteiger partial charge < -0.3 is 5.32 Å². The summed E-state index contributed by atoms with van der Waals surface area (Å²) in [5.74, 6) is -0.117. The van der Waals surface area contributed by atoms with Crippen molar-refractivity contribution < 1.29 is 9.59 Å². The third-order valence-electron chi connectivity index (χ3n) is 3.22. The predicted octanol–water partition coefficient (Wildman–Crippen LogP) is 2.59. The molecule has 5 heteroatoms. The summed E-state index contributed by atoms with van der Waals surface area (Å²) in [6, 6.07) is 16.5. The molecule has 1 heterocycles. The Balaban J connectivity index is 1.60. The molecule has 0 spiro atoms. The quantitative estimate of drug-likeness (QED) is 0.852. The largest absolute Gasteiger partial charge is 0.324 e. The SMILES string of the molecule is O=C(CN[C@@H]1C(=O)Nc2ccccc21)Sc1ccccc1. The first-order valence-corrected chi connectivity index (χ1v) is 7.44. The second kappa shape index (κ2) is 6.11. The Morgan fingerprint density at radius 1 is 1.10 bits per heavy atom. The van der Waals surface area contributed by atoms with E-state index in [1.54, 1.807) is 0 Å². The average molecular weight is 298 g/mol. The highest BCUT2D eigenvalue weighted by atomic mass is 32.2. The predicted molar refractivity (Wildman–Crippen MR) is 83.1 cm³/mol. The second-order valence-corrected chi connectivity index (χ2v) is 5.81. The number of carbonyl (C=O) groups is 2. The Morgan fingerprint density at radius 3 is 2.62 bits per heavy atom. The molecule has 1 aliphatic heterocycles. The molecule has 106 valence electrons. The zero-order valence-electron chi connectivity index (χ0n) is 11.2. The minimum Gasteiger partial charge on any atom is -0.324 e. The molecule has 1 aliphatic rings. The Kier molecular flexibility index (Phi) is 4.03. The van der Waals surface area contributed by atoms with E-state index in [2.05, 4.69) is 10.6 Å². The van der Waals surface area contributed by atoms with Gasteiger partial charge in [0.2, 0.25) is 11.0 Å². The van der Waals surface area contributed by atoms with Gasteiger partial charge in [-0.2, -0.15) is 0 Å². The number of thioether (sulfide) groups is 1. The number of rotatable bonds is 4. The van der Waals surface area contributed by atoms with E-state index in [-0.39, 0.29) is 17.6 Å². The summed E-state index contributed by atoms with van der Waals surface area (Å²) < 4.78 is 0. The summed E-state index contributed by atoms with van der Waals surface area (Å²) in [7, 11) is 0. The van der Waals surface area contributed by atoms with Crippen molar-refractivity contribution in [2.45, 2.75) is 10.9 Å². The summed E-state index contributed by atoms with van der Waals surface area (Å²) in [6.45, 7) is 0.145. The van der Waals surface area contributed by atoms with Gasteiger partial charge in [0.15, 0.2) is 0 Å². The van der Waals surface area contributed by atoms with Crippen LogP contribution in [0.25, 0.3) is 0 Å². The second-order valence-electron chi connectivity index (χ2n) is 4.68. The van der Waals surface area contributed by atoms with Gasteiger partial charge in [-0.1, -0.05) is 48.2 Å². The van der Waals surface area contributed by atoms with Crippen LogP contribution >= 0.6 is 11.8 Å². The van der Waals surface area contributed by atoms with E-state index in [1.165, 1.54) is 11.8 Å². The van der Waals surface area contributed by atoms with Crippen LogP contribution < -0.4 is 10.6 Å². The van der Waals surface area contributed by atoms with E-state index >= 15 is 0 Å². The maximum absolute atomic E-state index is 12.0. The summed E-state index contributed by atoms with van der Waals surface area (Å²) in [6.07, 6.45) is 0. The summed E-state index contributed by atoms with van der Waals surface area (Å²) in [4.78, 5) is 24.8. The van der Waals surface area contributed by atoms with Crippen LogP contribution in [0.15, 0.2) is 59.5 Å². The lowest BCUT2D eigenvalue weighted by Crippen LogP contribution is -2.31. The zero-order valence-corrected chi connectivity index (χ0v) is 12.0. The molecule has 0 radical (unpaired) electrons. The number of nitrogens with one attached hydrogen (secondary N) is 2. The van der Waals surface area contributed by atoms with E-state index in [4.69, 9.17) is 0 Å². The lowest BCUT2D eigenvalue weighted by Gasteiger charge is -2.10. The van der Waals surface area contributed by atoms with Crippen molar-refractivity contribution in [2.24, 2.45) is 0 Å². The molecule has 0 saturated carbocycles. The van der Waals surface area contributed by atoms with Crippen LogP contribution in [-0.2, 0) is 9.59 Å². The van der Waals surface area contributed by atoms with Crippen molar-refractivity contribution >= 4 is 28.5 Å². The zero-order chi connectivity index (χ0) is 14.7. The molecule has 3 rings (SSSR count). The van der Waals surface area contributed by atoms with Gasteiger partial charge in [0.05, 0.1) is 6.54 Å². The number of amides is 1. The highest BCUT2D eigenvalue weighted by Crippen LogP contribution is 2.30. The number of carbonyl (C=O) groups excluding carboxylic acids is 2. The normalized spacial score (nSPS) is 16.4. The first-order chi connectivity index (χ1) is 10.2. The van der Waals surface area contributed by atoms with E-state index in [0.717, 1.165) is 16.1 Å². The third-order valence-corrected chi connectivity index (χ3v) is 4.10. The maximum atomic E-state index is 12.0. The van der Waals surface area contributed by atoms with Crippen LogP contribution in [-0.4, -0.2) is 17.6 Å². The van der Waals surface area contributed by atoms with Gasteiger partial charge >= 0.3 is 0 Å². The molecule has 2 aromatic rings. The Labute approximate surface area is 126 Å². The molecule has 0 saturated heterocycles. The van der Waals surface area contributed by atoms with E-state index in [1.807, 2.05) is 54.6 Å². The number of fused-ring (bicyclic) bond motifs is 1. The molecule has 0 bridgehead atoms. The first kappa shape index (κ1) is 13.9. The molecule has 0 fully saturated rings. The van der Waals surface area contributed by atoms with Crippen LogP contribution in [0.5, 0.6) is 0 Å². The summed E-state index contributed by atoms with van der Waals surface area (Å²) >= 11 is 1.18. The molecule has 21 heavy (non-hydrogen) atoms. The van der Waals surface area contributed by atoms with Crippen molar-refractivity contribution in [1.82, 2.24) is 5.32 Å². The van der Waals surface area contributed by atoms with Crippen molar-refractivity contribution in [3.05, 3.63) is 60.2 Å². The molecule has 4 nitrogen and oxygen atoms in total. The minimum absolute atomic E-state index is 0.0154. The molecule has 0 unspecified atom stereocenters. The fraction of sp³-hybridized carbons (Fsp3) is 0.125. The number of anilines is 1. The van der Waals surface area contributed by atoms with Gasteiger partial charge in [-0.25, -0.2) is 0 Å². The van der Waals surface area contributed by atoms with E-state index < -0.39 is 6.04 Å². The van der Waals surface area contributed by atoms with Crippen LogP contribution in [0.1, 0.15) is 11.6 Å². The van der Waals surface area contributed by atoms with E-state index in [9.17, 15) is 9.59 Å². The number of benzene rings is 2. The Hall–Kier alpha value is -2.11. The number of hydrogen-bond acceptors (Lipinski definition) is 4. The van der Waals surface area contributed by atoms with Crippen LogP contribution in [0, 0.1) is 0 Å². The monoisotopic (exact) mass is 298 g/mol. The standard InChI is InChI=1S/C16H14N2O2S/c19-14(21-11-6-2-1-3-7-11)10-17-15-12-8-4-5-9-13(12)18-16(15)20/h1-9,15,17H,10H2,(H,18,20)/t15-/m0/s1. The molecule has 0 aromatic heterocycles. The fourth-order valence-corrected chi connectivity index (χ4v) is 2.96. The molecule has 0 aliphatic carbocycles. The molecule has 2 N–H and O–H groups in total. The number of hydrogen-bond donors (Lipinski definition) is 2. The minimum atomic E-state index is -0.457. The van der Waals surface area contributed by atoms with Gasteiger partial charge in [0.1, 0.15) is 6.04 Å². The van der Waals surface area contributed by atoms with Gasteiger partial charge in [0, 0.05) is 16.1 Å². The van der Waals surface area contributed by atoms with Crippen molar-refractivity contribution in [3.8, 4) is 0 Å². The summed E-state index contributed by atoms with van der Waals surface area (Å²) in [5, 5.41) is 5.81. The molecule has 2 aromatic carbocycles. The van der Waals surface area contributed by atoms with Gasteiger partial charge in [-0.15, -0.1) is 0 Å². The Bertz CT molecular complexity index is 673. The average Bonchev–Trinajstić information content (AvgIpc) is 2.81. The lowest BCUT2D eigenvalue weighted by molar-refractivity contribution is -0.117. The number of para-hydroxylation sites is 1. The Morgan fingerprint density at radius 2 is 1.81 bits per heavy atom.